The molecule has 1 N–H and O–H groups in total. The van der Waals surface area contributed by atoms with E-state index < -0.39 is 0 Å². The normalized spacial score (nSPS) is 14.6. The molecule has 1 aliphatic heterocycles. The maximum atomic E-state index is 12.8. The van der Waals surface area contributed by atoms with Crippen molar-refractivity contribution in [3.05, 3.63) is 76.4 Å². The van der Waals surface area contributed by atoms with Gasteiger partial charge in [0.15, 0.2) is 0 Å². The minimum absolute atomic E-state index is 0.150. The molecule has 29 heavy (non-hydrogen) atoms. The summed E-state index contributed by atoms with van der Waals surface area (Å²) in [6.45, 7) is 3.86. The van der Waals surface area contributed by atoms with Crippen LogP contribution in [0.3, 0.4) is 0 Å². The fraction of sp³-hybridized carbons (Fsp3) is 0.250. The summed E-state index contributed by atoms with van der Waals surface area (Å²) < 4.78 is 1.03. The van der Waals surface area contributed by atoms with E-state index in [4.69, 9.17) is 4.98 Å². The van der Waals surface area contributed by atoms with E-state index in [1.54, 1.807) is 0 Å². The van der Waals surface area contributed by atoms with Gasteiger partial charge in [0.1, 0.15) is 5.69 Å². The fourth-order valence-corrected chi connectivity index (χ4v) is 3.85. The Morgan fingerprint density at radius 2 is 1.55 bits per heavy atom. The number of benzene rings is 2. The smallest absolute Gasteiger partial charge is 0.283 e. The van der Waals surface area contributed by atoms with Crippen LogP contribution in [0.5, 0.6) is 0 Å². The van der Waals surface area contributed by atoms with Crippen molar-refractivity contribution in [2.75, 3.05) is 13.1 Å². The Morgan fingerprint density at radius 1 is 0.897 bits per heavy atom. The number of amides is 1. The molecule has 1 amide bonds. The van der Waals surface area contributed by atoms with E-state index in [0.29, 0.717) is 5.69 Å². The van der Waals surface area contributed by atoms with Crippen LogP contribution < -0.4 is 5.43 Å². The molecule has 2 aromatic carbocycles. The summed E-state index contributed by atoms with van der Waals surface area (Å²) in [6.07, 6.45) is 3.46. The minimum atomic E-state index is -0.150. The molecular formula is C24H24BrN3O. The molecule has 2 heterocycles. The van der Waals surface area contributed by atoms with Gasteiger partial charge in [-0.25, -0.2) is 9.99 Å². The van der Waals surface area contributed by atoms with Crippen molar-refractivity contribution in [1.29, 1.82) is 0 Å². The molecule has 4 rings (SSSR count). The second kappa shape index (κ2) is 8.89. The lowest BCUT2D eigenvalue weighted by Gasteiger charge is -2.26. The third-order valence-electron chi connectivity index (χ3n) is 5.22. The third kappa shape index (κ3) is 4.74. The van der Waals surface area contributed by atoms with Crippen molar-refractivity contribution in [3.63, 3.8) is 0 Å². The molecule has 0 bridgehead atoms. The molecule has 0 aliphatic carbocycles. The Balaban J connectivity index is 1.71. The number of pyridine rings is 1. The van der Waals surface area contributed by atoms with Crippen molar-refractivity contribution in [1.82, 2.24) is 15.4 Å². The molecule has 0 spiro atoms. The molecule has 5 heteroatoms. The van der Waals surface area contributed by atoms with E-state index in [2.05, 4.69) is 64.7 Å². The number of nitrogens with one attached hydrogen (secondary N) is 1. The lowest BCUT2D eigenvalue weighted by molar-refractivity contribution is 0.0745. The highest BCUT2D eigenvalue weighted by Gasteiger charge is 2.18. The van der Waals surface area contributed by atoms with Gasteiger partial charge in [-0.1, -0.05) is 64.3 Å². The molecule has 148 valence electrons. The van der Waals surface area contributed by atoms with Gasteiger partial charge < -0.3 is 0 Å². The number of aryl methyl sites for hydroxylation is 1. The zero-order chi connectivity index (χ0) is 20.2. The van der Waals surface area contributed by atoms with Crippen molar-refractivity contribution in [3.8, 4) is 22.4 Å². The van der Waals surface area contributed by atoms with E-state index in [1.807, 2.05) is 29.3 Å². The molecule has 1 aromatic heterocycles. The second-order valence-corrected chi connectivity index (χ2v) is 8.37. The van der Waals surface area contributed by atoms with Gasteiger partial charge in [0.2, 0.25) is 0 Å². The molecular weight excluding hydrogens is 426 g/mol. The van der Waals surface area contributed by atoms with Crippen LogP contribution in [0.1, 0.15) is 35.3 Å². The number of hydrogen-bond donors (Lipinski definition) is 1. The average Bonchev–Trinajstić information content (AvgIpc) is 2.75. The van der Waals surface area contributed by atoms with E-state index in [0.717, 1.165) is 52.8 Å². The molecule has 4 nitrogen and oxygen atoms in total. The summed E-state index contributed by atoms with van der Waals surface area (Å²) in [6, 6.07) is 20.2. The zero-order valence-corrected chi connectivity index (χ0v) is 18.1. The van der Waals surface area contributed by atoms with Gasteiger partial charge in [-0.3, -0.25) is 10.2 Å². The van der Waals surface area contributed by atoms with Crippen LogP contribution in [0.2, 0.25) is 0 Å². The van der Waals surface area contributed by atoms with Gasteiger partial charge in [-0.2, -0.15) is 0 Å². The third-order valence-corrected chi connectivity index (χ3v) is 5.75. The van der Waals surface area contributed by atoms with Crippen molar-refractivity contribution < 1.29 is 4.79 Å². The zero-order valence-electron chi connectivity index (χ0n) is 16.5. The molecule has 3 aromatic rings. The molecule has 1 aliphatic rings. The van der Waals surface area contributed by atoms with Crippen LogP contribution in [0.4, 0.5) is 0 Å². The van der Waals surface area contributed by atoms with E-state index in [-0.39, 0.29) is 5.91 Å². The molecule has 0 radical (unpaired) electrons. The number of rotatable bonds is 4. The van der Waals surface area contributed by atoms with Crippen LogP contribution in [0.25, 0.3) is 22.4 Å². The molecule has 1 saturated heterocycles. The van der Waals surface area contributed by atoms with Gasteiger partial charge >= 0.3 is 0 Å². The van der Waals surface area contributed by atoms with Gasteiger partial charge in [0, 0.05) is 28.7 Å². The fourth-order valence-electron chi connectivity index (χ4n) is 3.59. The van der Waals surface area contributed by atoms with Crippen molar-refractivity contribution in [2.45, 2.75) is 26.2 Å². The first-order valence-corrected chi connectivity index (χ1v) is 10.8. The Kier molecular flexibility index (Phi) is 6.07. The number of hydrazine groups is 1. The Morgan fingerprint density at radius 3 is 2.24 bits per heavy atom. The summed E-state index contributed by atoms with van der Waals surface area (Å²) in [4.78, 5) is 17.6. The number of hydrogen-bond acceptors (Lipinski definition) is 3. The maximum Gasteiger partial charge on any atom is 0.284 e. The quantitative estimate of drug-likeness (QED) is 0.562. The Bertz CT molecular complexity index is 994. The number of carbonyl (C=O) groups excluding carboxylic acids is 1. The molecule has 0 saturated carbocycles. The van der Waals surface area contributed by atoms with Crippen LogP contribution >= 0.6 is 15.9 Å². The summed E-state index contributed by atoms with van der Waals surface area (Å²) in [5, 5.41) is 2.00. The van der Waals surface area contributed by atoms with Crippen LogP contribution in [0, 0.1) is 6.92 Å². The SMILES string of the molecule is Cc1ccc(-c2nc(C(=O)NN3CCCCC3)ccc2-c2ccc(Br)cc2)cc1. The van der Waals surface area contributed by atoms with Crippen LogP contribution in [-0.4, -0.2) is 29.0 Å². The summed E-state index contributed by atoms with van der Waals surface area (Å²) in [5.74, 6) is -0.150. The average molecular weight is 450 g/mol. The van der Waals surface area contributed by atoms with Gasteiger partial charge in [-0.05, 0) is 49.6 Å². The van der Waals surface area contributed by atoms with Crippen molar-refractivity contribution in [2.24, 2.45) is 0 Å². The van der Waals surface area contributed by atoms with Crippen molar-refractivity contribution >= 4 is 21.8 Å². The highest BCUT2D eigenvalue weighted by Crippen LogP contribution is 2.32. The van der Waals surface area contributed by atoms with Gasteiger partial charge in [0.25, 0.3) is 5.91 Å². The predicted molar refractivity (Wildman–Crippen MR) is 120 cm³/mol. The van der Waals surface area contributed by atoms with E-state index in [9.17, 15) is 4.79 Å². The monoisotopic (exact) mass is 449 g/mol. The highest BCUT2D eigenvalue weighted by molar-refractivity contribution is 9.10. The maximum absolute atomic E-state index is 12.8. The lowest BCUT2D eigenvalue weighted by atomic mass is 9.98. The second-order valence-electron chi connectivity index (χ2n) is 7.45. The number of carbonyl (C=O) groups is 1. The first-order valence-electron chi connectivity index (χ1n) is 10.00. The standard InChI is InChI=1S/C24H24BrN3O/c1-17-5-7-19(8-6-17)23-21(18-9-11-20(25)12-10-18)13-14-22(26-23)24(29)27-28-15-3-2-4-16-28/h5-14H,2-4,15-16H2,1H3,(H,27,29). The molecule has 1 fully saturated rings. The minimum Gasteiger partial charge on any atom is -0.283 e. The first-order chi connectivity index (χ1) is 14.1. The van der Waals surface area contributed by atoms with Crippen LogP contribution in [0.15, 0.2) is 65.1 Å². The number of nitrogens with zero attached hydrogens (tertiary/aromatic N) is 2. The van der Waals surface area contributed by atoms with Crippen LogP contribution in [-0.2, 0) is 0 Å². The summed E-state index contributed by atoms with van der Waals surface area (Å²) >= 11 is 3.49. The van der Waals surface area contributed by atoms with Gasteiger partial charge in [-0.15, -0.1) is 0 Å². The van der Waals surface area contributed by atoms with Gasteiger partial charge in [0.05, 0.1) is 5.69 Å². The Hall–Kier alpha value is -2.50. The van der Waals surface area contributed by atoms with E-state index >= 15 is 0 Å². The summed E-state index contributed by atoms with van der Waals surface area (Å²) in [5.41, 5.74) is 8.54. The number of piperidine rings is 1. The topological polar surface area (TPSA) is 45.2 Å². The number of halogens is 1. The predicted octanol–water partition coefficient (Wildman–Crippen LogP) is 5.62. The lowest BCUT2D eigenvalue weighted by Crippen LogP contribution is -2.45. The molecule has 0 atom stereocenters. The first kappa shape index (κ1) is 19.8. The largest absolute Gasteiger partial charge is 0.284 e. The summed E-state index contributed by atoms with van der Waals surface area (Å²) in [7, 11) is 0. The Labute approximate surface area is 180 Å². The van der Waals surface area contributed by atoms with E-state index in [1.165, 1.54) is 12.0 Å². The molecule has 0 unspecified atom stereocenters. The highest BCUT2D eigenvalue weighted by atomic mass is 79.9. The number of aromatic nitrogens is 1.